The second-order valence-corrected chi connectivity index (χ2v) is 8.90. The summed E-state index contributed by atoms with van der Waals surface area (Å²) in [5.41, 5.74) is 4.21. The molecule has 3 aromatic carbocycles. The molecule has 6 nitrogen and oxygen atoms in total. The smallest absolute Gasteiger partial charge is 0.266 e. The quantitative estimate of drug-likeness (QED) is 0.165. The molecule has 0 bridgehead atoms. The van der Waals surface area contributed by atoms with Crippen LogP contribution in [0.1, 0.15) is 5.56 Å². The normalized spacial score (nSPS) is 11.2. The van der Waals surface area contributed by atoms with Gasteiger partial charge in [-0.05, 0) is 42.5 Å². The lowest BCUT2D eigenvalue weighted by Gasteiger charge is -2.13. The van der Waals surface area contributed by atoms with Crippen LogP contribution < -0.4 is 11.0 Å². The van der Waals surface area contributed by atoms with Gasteiger partial charge in [0.15, 0.2) is 5.16 Å². The lowest BCUT2D eigenvalue weighted by Crippen LogP contribution is -2.24. The van der Waals surface area contributed by atoms with Crippen LogP contribution in [0, 0.1) is 0 Å². The van der Waals surface area contributed by atoms with Gasteiger partial charge in [-0.1, -0.05) is 69.6 Å². The maximum atomic E-state index is 13.2. The number of nitrogens with one attached hydrogen (secondary N) is 1. The van der Waals surface area contributed by atoms with Gasteiger partial charge >= 0.3 is 0 Å². The van der Waals surface area contributed by atoms with E-state index in [1.54, 1.807) is 30.3 Å². The predicted molar refractivity (Wildman–Crippen MR) is 133 cm³/mol. The van der Waals surface area contributed by atoms with Crippen LogP contribution in [0.3, 0.4) is 0 Å². The molecule has 160 valence electrons. The number of rotatable bonds is 6. The van der Waals surface area contributed by atoms with Gasteiger partial charge in [-0.15, -0.1) is 0 Å². The van der Waals surface area contributed by atoms with E-state index >= 15 is 0 Å². The largest absolute Gasteiger partial charge is 0.272 e. The Hall–Kier alpha value is -2.94. The van der Waals surface area contributed by atoms with Crippen molar-refractivity contribution in [2.45, 2.75) is 5.16 Å². The highest BCUT2D eigenvalue weighted by molar-refractivity contribution is 9.10. The first-order valence-electron chi connectivity index (χ1n) is 9.50. The maximum absolute atomic E-state index is 13.2. The van der Waals surface area contributed by atoms with Crippen LogP contribution in [-0.4, -0.2) is 27.4 Å². The molecule has 1 heterocycles. The summed E-state index contributed by atoms with van der Waals surface area (Å²) in [5.74, 6) is -0.302. The molecule has 0 aliphatic rings. The molecular weight excluding hydrogens is 512 g/mol. The van der Waals surface area contributed by atoms with Gasteiger partial charge < -0.3 is 0 Å². The Balaban J connectivity index is 1.57. The lowest BCUT2D eigenvalue weighted by atomic mass is 10.2. The number of aromatic nitrogens is 2. The number of amides is 1. The van der Waals surface area contributed by atoms with Crippen LogP contribution >= 0.6 is 39.3 Å². The Labute approximate surface area is 201 Å². The van der Waals surface area contributed by atoms with E-state index < -0.39 is 0 Å². The first-order chi connectivity index (χ1) is 15.5. The second-order valence-electron chi connectivity index (χ2n) is 6.63. The van der Waals surface area contributed by atoms with E-state index in [2.05, 4.69) is 31.4 Å². The van der Waals surface area contributed by atoms with Crippen molar-refractivity contribution in [3.63, 3.8) is 0 Å². The van der Waals surface area contributed by atoms with E-state index in [1.165, 1.54) is 10.8 Å². The zero-order valence-electron chi connectivity index (χ0n) is 16.5. The zero-order chi connectivity index (χ0) is 22.5. The molecule has 0 aliphatic carbocycles. The van der Waals surface area contributed by atoms with Crippen molar-refractivity contribution in [3.05, 3.63) is 98.2 Å². The van der Waals surface area contributed by atoms with Crippen LogP contribution in [0.4, 0.5) is 0 Å². The van der Waals surface area contributed by atoms with Crippen molar-refractivity contribution in [1.29, 1.82) is 0 Å². The second kappa shape index (κ2) is 10.1. The zero-order valence-corrected chi connectivity index (χ0v) is 19.7. The van der Waals surface area contributed by atoms with Crippen LogP contribution in [0.2, 0.25) is 5.02 Å². The topological polar surface area (TPSA) is 76.3 Å². The molecule has 0 unspecified atom stereocenters. The van der Waals surface area contributed by atoms with Crippen molar-refractivity contribution in [2.24, 2.45) is 5.10 Å². The first kappa shape index (κ1) is 22.3. The molecule has 0 saturated heterocycles. The summed E-state index contributed by atoms with van der Waals surface area (Å²) >= 11 is 10.6. The van der Waals surface area contributed by atoms with Gasteiger partial charge in [0.2, 0.25) is 0 Å². The number of hydrazone groups is 1. The molecule has 0 aliphatic heterocycles. The number of halogens is 2. The molecule has 1 aromatic heterocycles. The van der Waals surface area contributed by atoms with Crippen LogP contribution in [0.15, 0.2) is 92.3 Å². The molecule has 0 spiro atoms. The summed E-state index contributed by atoms with van der Waals surface area (Å²) in [6.45, 7) is 0. The third kappa shape index (κ3) is 5.09. The summed E-state index contributed by atoms with van der Waals surface area (Å²) < 4.78 is 2.41. The molecule has 32 heavy (non-hydrogen) atoms. The summed E-state index contributed by atoms with van der Waals surface area (Å²) in [4.78, 5) is 30.2. The SMILES string of the molecule is O=C(CSc1nc2ccccc2c(=O)n1-c1ccc(Br)cc1)NN=Cc1ccccc1Cl. The van der Waals surface area contributed by atoms with Gasteiger partial charge in [-0.25, -0.2) is 10.4 Å². The number of para-hydroxylation sites is 1. The molecule has 0 fully saturated rings. The number of thioether (sulfide) groups is 1. The number of benzene rings is 3. The third-order valence-corrected chi connectivity index (χ3v) is 6.27. The summed E-state index contributed by atoms with van der Waals surface area (Å²) in [5, 5.41) is 5.42. The van der Waals surface area contributed by atoms with Crippen molar-refractivity contribution < 1.29 is 4.79 Å². The number of hydrogen-bond acceptors (Lipinski definition) is 5. The Kier molecular flexibility index (Phi) is 7.04. The van der Waals surface area contributed by atoms with E-state index in [0.717, 1.165) is 16.2 Å². The summed E-state index contributed by atoms with van der Waals surface area (Å²) in [7, 11) is 0. The molecule has 1 amide bonds. The minimum absolute atomic E-state index is 0.0289. The van der Waals surface area contributed by atoms with Gasteiger partial charge in [-0.3, -0.25) is 14.2 Å². The predicted octanol–water partition coefficient (Wildman–Crippen LogP) is 5.04. The Morgan fingerprint density at radius 3 is 2.59 bits per heavy atom. The van der Waals surface area contributed by atoms with Crippen molar-refractivity contribution >= 4 is 62.3 Å². The van der Waals surface area contributed by atoms with Gasteiger partial charge in [0.1, 0.15) is 0 Å². The van der Waals surface area contributed by atoms with E-state index in [1.807, 2.05) is 42.5 Å². The fourth-order valence-corrected chi connectivity index (χ4v) is 4.20. The average molecular weight is 528 g/mol. The molecule has 0 radical (unpaired) electrons. The van der Waals surface area contributed by atoms with Crippen molar-refractivity contribution in [2.75, 3.05) is 5.75 Å². The Bertz CT molecular complexity index is 1370. The minimum atomic E-state index is -0.330. The van der Waals surface area contributed by atoms with Crippen LogP contribution in [0.5, 0.6) is 0 Å². The van der Waals surface area contributed by atoms with Crippen LogP contribution in [0.25, 0.3) is 16.6 Å². The molecule has 4 rings (SSSR count). The average Bonchev–Trinajstić information content (AvgIpc) is 2.80. The standard InChI is InChI=1S/C23H16BrClN4O2S/c24-16-9-11-17(12-10-16)29-22(31)18-6-2-4-8-20(18)27-23(29)32-14-21(30)28-26-13-15-5-1-3-7-19(15)25/h1-13H,14H2,(H,28,30). The van der Waals surface area contributed by atoms with E-state index in [9.17, 15) is 9.59 Å². The number of carbonyl (C=O) groups is 1. The van der Waals surface area contributed by atoms with Crippen molar-refractivity contribution in [1.82, 2.24) is 15.0 Å². The lowest BCUT2D eigenvalue weighted by molar-refractivity contribution is -0.118. The monoisotopic (exact) mass is 526 g/mol. The van der Waals surface area contributed by atoms with E-state index in [4.69, 9.17) is 11.6 Å². The van der Waals surface area contributed by atoms with E-state index in [-0.39, 0.29) is 17.2 Å². The van der Waals surface area contributed by atoms with Gasteiger partial charge in [0.05, 0.1) is 28.6 Å². The van der Waals surface area contributed by atoms with Gasteiger partial charge in [-0.2, -0.15) is 5.10 Å². The van der Waals surface area contributed by atoms with Crippen molar-refractivity contribution in [3.8, 4) is 5.69 Å². The number of fused-ring (bicyclic) bond motifs is 1. The highest BCUT2D eigenvalue weighted by Gasteiger charge is 2.14. The first-order valence-corrected chi connectivity index (χ1v) is 11.7. The molecule has 9 heteroatoms. The summed E-state index contributed by atoms with van der Waals surface area (Å²) in [6.07, 6.45) is 1.48. The van der Waals surface area contributed by atoms with E-state index in [0.29, 0.717) is 32.3 Å². The maximum Gasteiger partial charge on any atom is 0.266 e. The summed E-state index contributed by atoms with van der Waals surface area (Å²) in [6, 6.07) is 21.7. The minimum Gasteiger partial charge on any atom is -0.272 e. The molecule has 0 atom stereocenters. The number of carbonyl (C=O) groups excluding carboxylic acids is 1. The third-order valence-electron chi connectivity index (χ3n) is 4.46. The fraction of sp³-hybridized carbons (Fsp3) is 0.0435. The highest BCUT2D eigenvalue weighted by atomic mass is 79.9. The number of nitrogens with zero attached hydrogens (tertiary/aromatic N) is 3. The van der Waals surface area contributed by atoms with Crippen LogP contribution in [-0.2, 0) is 4.79 Å². The van der Waals surface area contributed by atoms with Gasteiger partial charge in [0, 0.05) is 15.1 Å². The molecular formula is C23H16BrClN4O2S. The Morgan fingerprint density at radius 2 is 1.81 bits per heavy atom. The molecule has 1 N–H and O–H groups in total. The fourth-order valence-electron chi connectivity index (χ4n) is 2.94. The Morgan fingerprint density at radius 1 is 1.09 bits per heavy atom. The highest BCUT2D eigenvalue weighted by Crippen LogP contribution is 2.22. The molecule has 4 aromatic rings. The van der Waals surface area contributed by atoms with Gasteiger partial charge in [0.25, 0.3) is 11.5 Å². The number of hydrogen-bond donors (Lipinski definition) is 1. The molecule has 0 saturated carbocycles.